The van der Waals surface area contributed by atoms with Crippen LogP contribution >= 0.6 is 0 Å². The molecule has 0 amide bonds. The van der Waals surface area contributed by atoms with Gasteiger partial charge in [-0.05, 0) is 24.3 Å². The van der Waals surface area contributed by atoms with Crippen LogP contribution in [0.2, 0.25) is 0 Å². The van der Waals surface area contributed by atoms with Crippen molar-refractivity contribution in [3.8, 4) is 0 Å². The van der Waals surface area contributed by atoms with E-state index in [0.717, 1.165) is 16.9 Å². The Hall–Kier alpha value is -1.89. The van der Waals surface area contributed by atoms with Gasteiger partial charge in [0.05, 0.1) is 6.10 Å². The molecule has 2 rings (SSSR count). The molecule has 17 heavy (non-hydrogen) atoms. The SMILES string of the molecule is COC1C=CC(=C=C2C=CC(=[O+]C)C=C2)C=C1. The van der Waals surface area contributed by atoms with Gasteiger partial charge in [0.25, 0.3) is 7.11 Å². The Morgan fingerprint density at radius 3 is 2.12 bits per heavy atom. The minimum absolute atomic E-state index is 0.0800. The number of carbonyl (C=O) groups excluding carboxylic acids is 1. The first-order valence-electron chi connectivity index (χ1n) is 5.49. The fourth-order valence-electron chi connectivity index (χ4n) is 1.60. The molecule has 0 fully saturated rings. The average molecular weight is 227 g/mol. The van der Waals surface area contributed by atoms with Gasteiger partial charge in [0.1, 0.15) is 0 Å². The lowest BCUT2D eigenvalue weighted by atomic mass is 10.1. The van der Waals surface area contributed by atoms with Gasteiger partial charge >= 0.3 is 5.78 Å². The first-order valence-corrected chi connectivity index (χ1v) is 5.49. The molecule has 0 saturated carbocycles. The summed E-state index contributed by atoms with van der Waals surface area (Å²) in [6, 6.07) is 0. The Kier molecular flexibility index (Phi) is 3.71. The summed E-state index contributed by atoms with van der Waals surface area (Å²) in [5, 5.41) is 0. The second-order valence-electron chi connectivity index (χ2n) is 3.73. The zero-order valence-corrected chi connectivity index (χ0v) is 10.0. The van der Waals surface area contributed by atoms with Crippen LogP contribution in [0.1, 0.15) is 0 Å². The van der Waals surface area contributed by atoms with E-state index in [1.54, 1.807) is 14.2 Å². The summed E-state index contributed by atoms with van der Waals surface area (Å²) in [6.07, 6.45) is 15.9. The van der Waals surface area contributed by atoms with Crippen LogP contribution in [0.4, 0.5) is 0 Å². The summed E-state index contributed by atoms with van der Waals surface area (Å²) in [5.41, 5.74) is 5.39. The van der Waals surface area contributed by atoms with E-state index in [-0.39, 0.29) is 6.10 Å². The molecule has 2 heteroatoms. The lowest BCUT2D eigenvalue weighted by Gasteiger charge is -2.08. The summed E-state index contributed by atoms with van der Waals surface area (Å²) >= 11 is 0. The third-order valence-electron chi connectivity index (χ3n) is 2.58. The van der Waals surface area contributed by atoms with E-state index in [2.05, 4.69) is 5.73 Å². The average Bonchev–Trinajstić information content (AvgIpc) is 2.40. The Labute approximate surface area is 101 Å². The van der Waals surface area contributed by atoms with Gasteiger partial charge in [-0.3, -0.25) is 4.42 Å². The van der Waals surface area contributed by atoms with Crippen LogP contribution in [-0.2, 0) is 9.16 Å². The van der Waals surface area contributed by atoms with Crippen LogP contribution in [0.15, 0.2) is 65.5 Å². The number of ketones is 1. The molecule has 0 aromatic carbocycles. The molecule has 0 unspecified atom stereocenters. The van der Waals surface area contributed by atoms with E-state index < -0.39 is 0 Å². The third kappa shape index (κ3) is 3.04. The molecule has 0 aliphatic heterocycles. The maximum absolute atomic E-state index is 5.19. The van der Waals surface area contributed by atoms with E-state index in [4.69, 9.17) is 9.16 Å². The second-order valence-corrected chi connectivity index (χ2v) is 3.73. The van der Waals surface area contributed by atoms with Crippen molar-refractivity contribution in [2.45, 2.75) is 6.10 Å². The molecule has 2 aliphatic rings. The highest BCUT2D eigenvalue weighted by molar-refractivity contribution is 6.01. The molecule has 0 heterocycles. The Bertz CT molecular complexity index is 473. The minimum atomic E-state index is 0.0800. The molecular formula is C15H15O2+. The van der Waals surface area contributed by atoms with Crippen molar-refractivity contribution in [2.24, 2.45) is 0 Å². The predicted molar refractivity (Wildman–Crippen MR) is 68.8 cm³/mol. The highest BCUT2D eigenvalue weighted by atomic mass is 16.5. The molecule has 2 nitrogen and oxygen atoms in total. The zero-order chi connectivity index (χ0) is 12.1. The van der Waals surface area contributed by atoms with E-state index in [0.29, 0.717) is 0 Å². The summed E-state index contributed by atoms with van der Waals surface area (Å²) in [6.45, 7) is 0. The van der Waals surface area contributed by atoms with E-state index >= 15 is 0 Å². The van der Waals surface area contributed by atoms with E-state index in [1.165, 1.54) is 0 Å². The first-order chi connectivity index (χ1) is 8.31. The van der Waals surface area contributed by atoms with Gasteiger partial charge in [0.2, 0.25) is 0 Å². The Balaban J connectivity index is 2.22. The molecule has 2 aliphatic carbocycles. The van der Waals surface area contributed by atoms with Gasteiger partial charge in [-0.15, -0.1) is 5.73 Å². The lowest BCUT2D eigenvalue weighted by Crippen LogP contribution is -2.04. The fourth-order valence-corrected chi connectivity index (χ4v) is 1.60. The van der Waals surface area contributed by atoms with E-state index in [1.807, 2.05) is 48.6 Å². The van der Waals surface area contributed by atoms with Crippen molar-refractivity contribution in [2.75, 3.05) is 14.2 Å². The molecule has 0 saturated heterocycles. The fraction of sp³-hybridized carbons (Fsp3) is 0.200. The van der Waals surface area contributed by atoms with Crippen molar-refractivity contribution < 1.29 is 9.16 Å². The largest absolute Gasteiger partial charge is 0.373 e. The first kappa shape index (κ1) is 11.6. The summed E-state index contributed by atoms with van der Waals surface area (Å²) in [7, 11) is 3.36. The summed E-state index contributed by atoms with van der Waals surface area (Å²) < 4.78 is 10.3. The smallest absolute Gasteiger partial charge is 0.343 e. The van der Waals surface area contributed by atoms with E-state index in [9.17, 15) is 0 Å². The topological polar surface area (TPSA) is 20.5 Å². The Morgan fingerprint density at radius 1 is 1.00 bits per heavy atom. The van der Waals surface area contributed by atoms with Crippen molar-refractivity contribution in [3.05, 3.63) is 65.5 Å². The summed E-state index contributed by atoms with van der Waals surface area (Å²) in [4.78, 5) is 0. The van der Waals surface area contributed by atoms with Crippen LogP contribution in [0.5, 0.6) is 0 Å². The minimum Gasteiger partial charge on any atom is -0.373 e. The highest BCUT2D eigenvalue weighted by Crippen LogP contribution is 2.12. The monoisotopic (exact) mass is 227 g/mol. The quantitative estimate of drug-likeness (QED) is 0.498. The van der Waals surface area contributed by atoms with Crippen molar-refractivity contribution in [3.63, 3.8) is 0 Å². The standard InChI is InChI=1S/C15H15O2/c1-16-14-7-3-12(4-8-14)11-13-5-9-15(17-2)10-6-13/h3-10,14H,1-2H3/q+1. The lowest BCUT2D eigenvalue weighted by molar-refractivity contribution is -0.417. The van der Waals surface area contributed by atoms with Gasteiger partial charge in [-0.1, -0.05) is 12.2 Å². The molecule has 0 radical (unpaired) electrons. The molecule has 86 valence electrons. The molecule has 0 atom stereocenters. The Morgan fingerprint density at radius 2 is 1.59 bits per heavy atom. The molecule has 0 spiro atoms. The van der Waals surface area contributed by atoms with Crippen LogP contribution < -0.4 is 0 Å². The zero-order valence-electron chi connectivity index (χ0n) is 10.0. The van der Waals surface area contributed by atoms with Gasteiger partial charge in [-0.2, -0.15) is 0 Å². The molecule has 0 aromatic heterocycles. The van der Waals surface area contributed by atoms with Gasteiger partial charge in [0, 0.05) is 30.4 Å². The van der Waals surface area contributed by atoms with Crippen LogP contribution in [0.3, 0.4) is 0 Å². The second kappa shape index (κ2) is 5.44. The van der Waals surface area contributed by atoms with Gasteiger partial charge in [-0.25, -0.2) is 0 Å². The third-order valence-corrected chi connectivity index (χ3v) is 2.58. The normalized spacial score (nSPS) is 22.0. The summed E-state index contributed by atoms with van der Waals surface area (Å²) in [5.74, 6) is 0.856. The molecule has 0 aromatic rings. The number of hydrogen-bond acceptors (Lipinski definition) is 1. The predicted octanol–water partition coefficient (Wildman–Crippen LogP) is 2.44. The van der Waals surface area contributed by atoms with Crippen molar-refractivity contribution >= 4 is 5.78 Å². The number of ether oxygens (including phenoxy) is 1. The number of hydrogen-bond donors (Lipinski definition) is 0. The molecular weight excluding hydrogens is 212 g/mol. The van der Waals surface area contributed by atoms with Crippen LogP contribution in [0.25, 0.3) is 0 Å². The van der Waals surface area contributed by atoms with Gasteiger partial charge in [0.15, 0.2) is 0 Å². The van der Waals surface area contributed by atoms with Crippen molar-refractivity contribution in [1.82, 2.24) is 0 Å². The molecule has 0 bridgehead atoms. The van der Waals surface area contributed by atoms with Crippen LogP contribution in [-0.4, -0.2) is 26.1 Å². The van der Waals surface area contributed by atoms with Gasteiger partial charge < -0.3 is 4.74 Å². The highest BCUT2D eigenvalue weighted by Gasteiger charge is 2.05. The number of rotatable bonds is 1. The maximum Gasteiger partial charge on any atom is 0.343 e. The van der Waals surface area contributed by atoms with Crippen molar-refractivity contribution in [1.29, 1.82) is 0 Å². The number of allylic oxidation sites excluding steroid dienone is 7. The maximum atomic E-state index is 5.19. The number of methoxy groups -OCH3 is 1. The van der Waals surface area contributed by atoms with Crippen LogP contribution in [0, 0.1) is 0 Å². The molecule has 0 N–H and O–H groups in total.